The van der Waals surface area contributed by atoms with E-state index < -0.39 is 5.91 Å². The number of ether oxygens (including phenoxy) is 2. The van der Waals surface area contributed by atoms with Gasteiger partial charge in [-0.1, -0.05) is 12.1 Å². The number of morpholine rings is 1. The lowest BCUT2D eigenvalue weighted by Gasteiger charge is -2.28. The fourth-order valence-corrected chi connectivity index (χ4v) is 3.52. The van der Waals surface area contributed by atoms with Gasteiger partial charge in [-0.05, 0) is 48.9 Å². The number of primary amides is 1. The van der Waals surface area contributed by atoms with Crippen LogP contribution in [0.3, 0.4) is 0 Å². The molecule has 0 spiro atoms. The monoisotopic (exact) mass is 434 g/mol. The van der Waals surface area contributed by atoms with Crippen LogP contribution in [0.5, 0.6) is 5.88 Å². The van der Waals surface area contributed by atoms with Gasteiger partial charge in [-0.3, -0.25) is 4.79 Å². The predicted octanol–water partition coefficient (Wildman–Crippen LogP) is 3.22. The predicted molar refractivity (Wildman–Crippen MR) is 124 cm³/mol. The molecule has 3 aromatic rings. The summed E-state index contributed by atoms with van der Waals surface area (Å²) in [5.41, 5.74) is 9.45. The normalized spacial score (nSPS) is 13.5. The summed E-state index contributed by atoms with van der Waals surface area (Å²) in [7, 11) is 1.44. The first-order valence-corrected chi connectivity index (χ1v) is 10.3. The molecule has 2 heterocycles. The van der Waals surface area contributed by atoms with Crippen LogP contribution < -0.4 is 26.0 Å². The van der Waals surface area contributed by atoms with Gasteiger partial charge in [-0.2, -0.15) is 9.97 Å². The lowest BCUT2D eigenvalue weighted by Crippen LogP contribution is -2.36. The number of anilines is 5. The molecule has 1 fully saturated rings. The van der Waals surface area contributed by atoms with Crippen molar-refractivity contribution in [2.24, 2.45) is 5.73 Å². The number of aryl methyl sites for hydroxylation is 1. The Balaban J connectivity index is 1.61. The van der Waals surface area contributed by atoms with Crippen LogP contribution in [0.4, 0.5) is 28.8 Å². The van der Waals surface area contributed by atoms with Crippen LogP contribution in [0.25, 0.3) is 0 Å². The summed E-state index contributed by atoms with van der Waals surface area (Å²) in [5, 5.41) is 6.33. The molecule has 166 valence electrons. The number of carbonyl (C=O) groups is 1. The Morgan fingerprint density at radius 2 is 1.81 bits per heavy atom. The number of aromatic nitrogens is 2. The average molecular weight is 435 g/mol. The van der Waals surface area contributed by atoms with E-state index in [0.29, 0.717) is 0 Å². The molecule has 2 aromatic carbocycles. The van der Waals surface area contributed by atoms with Gasteiger partial charge in [0.25, 0.3) is 5.91 Å². The van der Waals surface area contributed by atoms with Crippen molar-refractivity contribution in [3.05, 3.63) is 59.7 Å². The van der Waals surface area contributed by atoms with E-state index in [1.54, 1.807) is 0 Å². The number of carbonyl (C=O) groups excluding carboxylic acids is 1. The Labute approximate surface area is 186 Å². The van der Waals surface area contributed by atoms with Gasteiger partial charge < -0.3 is 30.7 Å². The highest BCUT2D eigenvalue weighted by atomic mass is 16.5. The van der Waals surface area contributed by atoms with Gasteiger partial charge in [0.1, 0.15) is 5.56 Å². The smallest absolute Gasteiger partial charge is 0.258 e. The summed E-state index contributed by atoms with van der Waals surface area (Å²) < 4.78 is 10.7. The van der Waals surface area contributed by atoms with Gasteiger partial charge in [0, 0.05) is 30.2 Å². The van der Waals surface area contributed by atoms with Crippen molar-refractivity contribution in [1.29, 1.82) is 0 Å². The number of nitrogens with one attached hydrogen (secondary N) is 2. The fraction of sp³-hybridized carbons (Fsp3) is 0.261. The molecule has 1 aliphatic rings. The summed E-state index contributed by atoms with van der Waals surface area (Å²) in [6.45, 7) is 5.19. The molecule has 1 saturated heterocycles. The molecule has 0 saturated carbocycles. The second kappa shape index (κ2) is 9.52. The van der Waals surface area contributed by atoms with Crippen molar-refractivity contribution in [1.82, 2.24) is 9.97 Å². The fourth-order valence-electron chi connectivity index (χ4n) is 3.52. The van der Waals surface area contributed by atoms with Crippen LogP contribution in [0.2, 0.25) is 0 Å². The topological polar surface area (TPSA) is 115 Å². The van der Waals surface area contributed by atoms with Gasteiger partial charge in [0.05, 0.1) is 20.3 Å². The number of benzene rings is 2. The van der Waals surface area contributed by atoms with Crippen molar-refractivity contribution in [3.8, 4) is 5.88 Å². The van der Waals surface area contributed by atoms with Crippen LogP contribution in [-0.4, -0.2) is 49.3 Å². The number of nitrogens with two attached hydrogens (primary N) is 1. The summed E-state index contributed by atoms with van der Waals surface area (Å²) in [6.07, 6.45) is 0. The van der Waals surface area contributed by atoms with Crippen LogP contribution in [0, 0.1) is 6.92 Å². The van der Waals surface area contributed by atoms with E-state index in [2.05, 4.69) is 25.5 Å². The highest BCUT2D eigenvalue weighted by Crippen LogP contribution is 2.29. The largest absolute Gasteiger partial charge is 0.480 e. The highest BCUT2D eigenvalue weighted by molar-refractivity contribution is 6.00. The van der Waals surface area contributed by atoms with Crippen LogP contribution in [0.15, 0.2) is 48.5 Å². The zero-order valence-corrected chi connectivity index (χ0v) is 18.1. The molecule has 9 heteroatoms. The molecule has 1 amide bonds. The maximum absolute atomic E-state index is 12.1. The first-order valence-electron chi connectivity index (χ1n) is 10.3. The van der Waals surface area contributed by atoms with Crippen molar-refractivity contribution >= 4 is 34.7 Å². The summed E-state index contributed by atoms with van der Waals surface area (Å²) in [4.78, 5) is 23.2. The molecule has 4 rings (SSSR count). The third-order valence-corrected chi connectivity index (χ3v) is 5.10. The van der Waals surface area contributed by atoms with Gasteiger partial charge in [-0.15, -0.1) is 0 Å². The second-order valence-electron chi connectivity index (χ2n) is 7.41. The van der Waals surface area contributed by atoms with E-state index in [1.807, 2.05) is 55.5 Å². The molecular formula is C23H26N6O3. The number of hydrogen-bond donors (Lipinski definition) is 3. The van der Waals surface area contributed by atoms with Crippen LogP contribution in [-0.2, 0) is 4.74 Å². The number of nitrogens with zero attached hydrogens (tertiary/aromatic N) is 3. The molecule has 32 heavy (non-hydrogen) atoms. The van der Waals surface area contributed by atoms with Gasteiger partial charge >= 0.3 is 0 Å². The molecule has 9 nitrogen and oxygen atoms in total. The molecular weight excluding hydrogens is 408 g/mol. The number of methoxy groups -OCH3 is 1. The Hall–Kier alpha value is -3.85. The van der Waals surface area contributed by atoms with E-state index >= 15 is 0 Å². The Kier molecular flexibility index (Phi) is 6.37. The van der Waals surface area contributed by atoms with E-state index in [0.717, 1.165) is 48.9 Å². The van der Waals surface area contributed by atoms with Gasteiger partial charge in [0.2, 0.25) is 11.8 Å². The third kappa shape index (κ3) is 4.89. The Morgan fingerprint density at radius 3 is 2.47 bits per heavy atom. The molecule has 0 aliphatic carbocycles. The molecule has 0 unspecified atom stereocenters. The molecule has 4 N–H and O–H groups in total. The van der Waals surface area contributed by atoms with Crippen molar-refractivity contribution in [2.75, 3.05) is 48.9 Å². The second-order valence-corrected chi connectivity index (χ2v) is 7.41. The summed E-state index contributed by atoms with van der Waals surface area (Å²) in [5.74, 6) is -0.0444. The zero-order valence-electron chi connectivity index (χ0n) is 18.1. The number of hydrogen-bond acceptors (Lipinski definition) is 8. The lowest BCUT2D eigenvalue weighted by molar-refractivity contribution is 0.0997. The summed E-state index contributed by atoms with van der Waals surface area (Å²) in [6, 6.07) is 15.7. The maximum atomic E-state index is 12.1. The van der Waals surface area contributed by atoms with E-state index in [1.165, 1.54) is 7.11 Å². The van der Waals surface area contributed by atoms with E-state index in [-0.39, 0.29) is 23.2 Å². The minimum Gasteiger partial charge on any atom is -0.480 e. The lowest BCUT2D eigenvalue weighted by atomic mass is 10.2. The molecule has 0 bridgehead atoms. The first-order chi connectivity index (χ1) is 15.5. The zero-order chi connectivity index (χ0) is 22.5. The van der Waals surface area contributed by atoms with Gasteiger partial charge in [0.15, 0.2) is 5.82 Å². The number of rotatable bonds is 7. The Morgan fingerprint density at radius 1 is 1.06 bits per heavy atom. The average Bonchev–Trinajstić information content (AvgIpc) is 2.79. The van der Waals surface area contributed by atoms with Crippen molar-refractivity contribution in [2.45, 2.75) is 6.92 Å². The number of amides is 1. The van der Waals surface area contributed by atoms with Crippen molar-refractivity contribution < 1.29 is 14.3 Å². The van der Waals surface area contributed by atoms with Crippen LogP contribution >= 0.6 is 0 Å². The van der Waals surface area contributed by atoms with E-state index in [9.17, 15) is 4.79 Å². The SMILES string of the molecule is COc1nc(Nc2ccc(N3CCOCC3)cc2)nc(Nc2cccc(C)c2)c1C(N)=O. The van der Waals surface area contributed by atoms with E-state index in [4.69, 9.17) is 15.2 Å². The Bertz CT molecular complexity index is 1100. The summed E-state index contributed by atoms with van der Waals surface area (Å²) >= 11 is 0. The van der Waals surface area contributed by atoms with Gasteiger partial charge in [-0.25, -0.2) is 0 Å². The molecule has 1 aromatic heterocycles. The third-order valence-electron chi connectivity index (χ3n) is 5.10. The first kappa shape index (κ1) is 21.4. The minimum atomic E-state index is -0.682. The molecule has 0 atom stereocenters. The minimum absolute atomic E-state index is 0.0854. The standard InChI is InChI=1S/C23H26N6O3/c1-15-4-3-5-17(14-15)25-21-19(20(24)30)22(31-2)28-23(27-21)26-16-6-8-18(9-7-16)29-10-12-32-13-11-29/h3-9,14H,10-13H2,1-2H3,(H2,24,30)(H2,25,26,27,28). The molecule has 0 radical (unpaired) electrons. The van der Waals surface area contributed by atoms with Crippen LogP contribution in [0.1, 0.15) is 15.9 Å². The maximum Gasteiger partial charge on any atom is 0.258 e. The quantitative estimate of drug-likeness (QED) is 0.519. The molecule has 1 aliphatic heterocycles. The highest BCUT2D eigenvalue weighted by Gasteiger charge is 2.21. The van der Waals surface area contributed by atoms with Crippen molar-refractivity contribution in [3.63, 3.8) is 0 Å².